The number of benzene rings is 10. The smallest absolute Gasteiger partial charge is 0.161 e. The zero-order valence-corrected chi connectivity index (χ0v) is 53.1. The molecular weight excluding hydrogens is 1160 g/mol. The van der Waals surface area contributed by atoms with Crippen LogP contribution in [0.5, 0.6) is 46.0 Å². The second kappa shape index (κ2) is 24.4. The van der Waals surface area contributed by atoms with E-state index in [-0.39, 0.29) is 0 Å². The van der Waals surface area contributed by atoms with Gasteiger partial charge in [-0.15, -0.1) is 0 Å². The summed E-state index contributed by atoms with van der Waals surface area (Å²) in [7, 11) is 13.6. The van der Waals surface area contributed by atoms with Gasteiger partial charge in [-0.25, -0.2) is 0 Å². The third-order valence-electron chi connectivity index (χ3n) is 18.4. The fourth-order valence-corrected chi connectivity index (χ4v) is 14.2. The standard InChI is InChI=1S/C81H70N4O8/c1-86-63-33-17-55(18-34-63)82(56-19-35-64(87-2)36-20-56)79(83(57-21-37-65(88-3)38-22-57)58-23-39-66(89-4)40-24-58)51-49-73-74-50-52-80(84(59-25-41-67(90-5)42-26-59)60-27-43-68(91-6)44-28-60,85(61-29-45-69(92-7)46-30-61)62-31-47-70(93-8)48-32-62)54-78(74)81(77(73)53-79)75-15-11-9-13-71(75)72-14-10-12-16-76(72)81/h9-54H,1-8H3. The van der Waals surface area contributed by atoms with Crippen molar-refractivity contribution < 1.29 is 37.9 Å². The summed E-state index contributed by atoms with van der Waals surface area (Å²) >= 11 is 0. The van der Waals surface area contributed by atoms with Crippen LogP contribution in [0.4, 0.5) is 45.5 Å². The molecule has 12 heteroatoms. The first kappa shape index (κ1) is 59.1. The monoisotopic (exact) mass is 1230 g/mol. The van der Waals surface area contributed by atoms with Crippen molar-refractivity contribution in [3.8, 4) is 57.1 Å². The largest absolute Gasteiger partial charge is 0.497 e. The molecule has 10 aromatic carbocycles. The number of hydrogen-bond acceptors (Lipinski definition) is 12. The predicted molar refractivity (Wildman–Crippen MR) is 372 cm³/mol. The number of anilines is 8. The molecule has 0 saturated carbocycles. The van der Waals surface area contributed by atoms with E-state index in [0.717, 1.165) is 136 Å². The molecule has 0 amide bonds. The van der Waals surface area contributed by atoms with Crippen molar-refractivity contribution in [2.45, 2.75) is 16.7 Å². The van der Waals surface area contributed by atoms with Gasteiger partial charge in [0.25, 0.3) is 0 Å². The summed E-state index contributed by atoms with van der Waals surface area (Å²) in [4.78, 5) is 9.69. The van der Waals surface area contributed by atoms with Gasteiger partial charge < -0.3 is 57.5 Å². The highest BCUT2D eigenvalue weighted by Gasteiger charge is 2.60. The number of allylic oxidation sites excluding steroid dienone is 6. The van der Waals surface area contributed by atoms with Crippen LogP contribution in [0.2, 0.25) is 0 Å². The number of methoxy groups -OCH3 is 8. The minimum Gasteiger partial charge on any atom is -0.497 e. The van der Waals surface area contributed by atoms with E-state index >= 15 is 0 Å². The van der Waals surface area contributed by atoms with Gasteiger partial charge in [0.05, 0.1) is 62.3 Å². The van der Waals surface area contributed by atoms with Crippen molar-refractivity contribution in [2.75, 3.05) is 76.5 Å². The van der Waals surface area contributed by atoms with Crippen LogP contribution >= 0.6 is 0 Å². The molecule has 0 aliphatic heterocycles. The highest BCUT2D eigenvalue weighted by atomic mass is 16.5. The van der Waals surface area contributed by atoms with E-state index < -0.39 is 16.7 Å². The van der Waals surface area contributed by atoms with Gasteiger partial charge in [-0.2, -0.15) is 0 Å². The van der Waals surface area contributed by atoms with Gasteiger partial charge in [-0.3, -0.25) is 0 Å². The van der Waals surface area contributed by atoms with Crippen molar-refractivity contribution in [1.82, 2.24) is 0 Å². The summed E-state index contributed by atoms with van der Waals surface area (Å²) < 4.78 is 47.1. The molecule has 0 saturated heterocycles. The van der Waals surface area contributed by atoms with Crippen LogP contribution in [0.1, 0.15) is 11.1 Å². The Hall–Kier alpha value is -11.5. The second-order valence-electron chi connectivity index (χ2n) is 22.9. The van der Waals surface area contributed by atoms with Gasteiger partial charge in [-0.05, 0) is 263 Å². The maximum Gasteiger partial charge on any atom is 0.161 e. The van der Waals surface area contributed by atoms with Crippen LogP contribution in [0.25, 0.3) is 11.1 Å². The summed E-state index contributed by atoms with van der Waals surface area (Å²) in [5.74, 6) is 5.82. The molecule has 0 fully saturated rings. The molecule has 0 aromatic heterocycles. The summed E-state index contributed by atoms with van der Waals surface area (Å²) in [5.41, 5.74) is 12.6. The van der Waals surface area contributed by atoms with E-state index in [0.29, 0.717) is 0 Å². The molecular formula is C81H70N4O8. The maximum absolute atomic E-state index is 5.89. The van der Waals surface area contributed by atoms with Crippen molar-refractivity contribution in [3.63, 3.8) is 0 Å². The van der Waals surface area contributed by atoms with E-state index in [9.17, 15) is 0 Å². The molecule has 12 nitrogen and oxygen atoms in total. The molecule has 0 N–H and O–H groups in total. The van der Waals surface area contributed by atoms with Crippen LogP contribution in [0.3, 0.4) is 0 Å². The lowest BCUT2D eigenvalue weighted by Crippen LogP contribution is -2.57. The Bertz CT molecular complexity index is 3840. The average Bonchev–Trinajstić information content (AvgIpc) is 1.51. The summed E-state index contributed by atoms with van der Waals surface area (Å²) in [6.45, 7) is 0. The molecule has 0 unspecified atom stereocenters. The normalized spacial score (nSPS) is 14.7. The van der Waals surface area contributed by atoms with Crippen LogP contribution in [-0.4, -0.2) is 68.2 Å². The molecule has 462 valence electrons. The molecule has 10 aromatic rings. The van der Waals surface area contributed by atoms with E-state index in [1.165, 1.54) is 0 Å². The Morgan fingerprint density at radius 2 is 0.430 bits per heavy atom. The number of nitrogens with zero attached hydrogens (tertiary/aromatic N) is 4. The average molecular weight is 1230 g/mol. The Morgan fingerprint density at radius 3 is 0.624 bits per heavy atom. The highest BCUT2D eigenvalue weighted by Crippen LogP contribution is 2.67. The van der Waals surface area contributed by atoms with Crippen molar-refractivity contribution in [3.05, 3.63) is 313 Å². The quantitative estimate of drug-likeness (QED) is 0.0681. The van der Waals surface area contributed by atoms with Gasteiger partial charge >= 0.3 is 0 Å². The first-order valence-corrected chi connectivity index (χ1v) is 30.8. The Labute approximate surface area is 543 Å². The fourth-order valence-electron chi connectivity index (χ4n) is 14.2. The van der Waals surface area contributed by atoms with Crippen LogP contribution in [0.15, 0.2) is 301 Å². The van der Waals surface area contributed by atoms with Crippen LogP contribution in [-0.2, 0) is 5.41 Å². The molecule has 4 aliphatic carbocycles. The van der Waals surface area contributed by atoms with Crippen molar-refractivity contribution >= 4 is 45.5 Å². The van der Waals surface area contributed by atoms with E-state index in [4.69, 9.17) is 37.9 Å². The molecule has 14 rings (SSSR count). The second-order valence-corrected chi connectivity index (χ2v) is 22.9. The molecule has 1 spiro atoms. The summed E-state index contributed by atoms with van der Waals surface area (Å²) in [6.07, 6.45) is 14.5. The van der Waals surface area contributed by atoms with Gasteiger partial charge in [-0.1, -0.05) is 60.7 Å². The molecule has 93 heavy (non-hydrogen) atoms. The topological polar surface area (TPSA) is 86.8 Å². The highest BCUT2D eigenvalue weighted by molar-refractivity contribution is 5.95. The Kier molecular flexibility index (Phi) is 15.5. The zero-order chi connectivity index (χ0) is 63.8. The van der Waals surface area contributed by atoms with Crippen molar-refractivity contribution in [2.24, 2.45) is 0 Å². The van der Waals surface area contributed by atoms with Gasteiger partial charge in [0.1, 0.15) is 46.0 Å². The third kappa shape index (κ3) is 9.84. The summed E-state index contributed by atoms with van der Waals surface area (Å²) in [6, 6.07) is 84.5. The van der Waals surface area contributed by atoms with Gasteiger partial charge in [0.15, 0.2) is 11.3 Å². The van der Waals surface area contributed by atoms with Crippen molar-refractivity contribution in [1.29, 1.82) is 0 Å². The maximum atomic E-state index is 5.89. The van der Waals surface area contributed by atoms with E-state index in [2.05, 4.69) is 202 Å². The minimum absolute atomic E-state index is 0.728. The third-order valence-corrected chi connectivity index (χ3v) is 18.4. The van der Waals surface area contributed by atoms with Gasteiger partial charge in [0.2, 0.25) is 0 Å². The first-order valence-electron chi connectivity index (χ1n) is 30.8. The first-order chi connectivity index (χ1) is 45.6. The molecule has 4 aliphatic rings. The molecule has 0 heterocycles. The van der Waals surface area contributed by atoms with Crippen LogP contribution < -0.4 is 57.5 Å². The number of ether oxygens (including phenoxy) is 8. The lowest BCUT2D eigenvalue weighted by atomic mass is 9.66. The van der Waals surface area contributed by atoms with Crippen LogP contribution in [0, 0.1) is 0 Å². The predicted octanol–water partition coefficient (Wildman–Crippen LogP) is 18.1. The Balaban J connectivity index is 1.15. The minimum atomic E-state index is -1.24. The fraction of sp³-hybridized carbons (Fsp3) is 0.136. The number of hydrogen-bond donors (Lipinski definition) is 0. The Morgan fingerprint density at radius 1 is 0.237 bits per heavy atom. The molecule has 0 radical (unpaired) electrons. The van der Waals surface area contributed by atoms with E-state index in [1.807, 2.05) is 97.1 Å². The molecule has 0 atom stereocenters. The number of fused-ring (bicyclic) bond motifs is 9. The lowest BCUT2D eigenvalue weighted by Gasteiger charge is -2.52. The number of rotatable bonds is 20. The SMILES string of the molecule is COc1ccc(N(c2ccc(OC)cc2)C2(N(c3ccc(OC)cc3)c3ccc(OC)cc3)C=CC3=C4C=CC(N(c5ccc(OC)cc5)c5ccc(OC)cc5)(N(c5ccc(OC)cc5)c5ccc(OC)cc5)C=C4C4(C3=C2)c2ccccc2-c2ccccc24)cc1. The zero-order valence-electron chi connectivity index (χ0n) is 53.1. The van der Waals surface area contributed by atoms with E-state index in [1.54, 1.807) is 56.9 Å². The van der Waals surface area contributed by atoms with Gasteiger partial charge in [0, 0.05) is 45.5 Å². The lowest BCUT2D eigenvalue weighted by molar-refractivity contribution is 0.414. The molecule has 0 bridgehead atoms. The summed E-state index contributed by atoms with van der Waals surface area (Å²) in [5, 5.41) is 0.